The molecule has 0 unspecified atom stereocenters. The number of aromatic nitrogens is 1. The summed E-state index contributed by atoms with van der Waals surface area (Å²) in [6.45, 7) is 0. The molecule has 0 aromatic carbocycles. The van der Waals surface area contributed by atoms with Crippen LogP contribution in [0.3, 0.4) is 0 Å². The highest BCUT2D eigenvalue weighted by molar-refractivity contribution is 14.1. The predicted octanol–water partition coefficient (Wildman–Crippen LogP) is 1.99. The fourth-order valence-electron chi connectivity index (χ4n) is 0.671. The van der Waals surface area contributed by atoms with Gasteiger partial charge in [-0.05, 0) is 45.8 Å². The Morgan fingerprint density at radius 3 is 2.82 bits per heavy atom. The second-order valence-electron chi connectivity index (χ2n) is 2.02. The molecular formula is C7H5ClINO. The normalized spacial score (nSPS) is 9.64. The van der Waals surface area contributed by atoms with Gasteiger partial charge >= 0.3 is 0 Å². The van der Waals surface area contributed by atoms with Gasteiger partial charge in [-0.3, -0.25) is 9.78 Å². The van der Waals surface area contributed by atoms with Crippen LogP contribution in [0.4, 0.5) is 0 Å². The third-order valence-electron chi connectivity index (χ3n) is 1.13. The summed E-state index contributed by atoms with van der Waals surface area (Å²) < 4.78 is 0.911. The zero-order chi connectivity index (χ0) is 8.27. The molecule has 11 heavy (non-hydrogen) atoms. The van der Waals surface area contributed by atoms with Crippen LogP contribution in [0.5, 0.6) is 0 Å². The molecule has 1 aromatic rings. The van der Waals surface area contributed by atoms with Crippen molar-refractivity contribution in [3.8, 4) is 0 Å². The highest BCUT2D eigenvalue weighted by Gasteiger charge is 1.98. The minimum Gasteiger partial charge on any atom is -0.281 e. The van der Waals surface area contributed by atoms with E-state index < -0.39 is 0 Å². The third kappa shape index (κ3) is 3.16. The Balaban J connectivity index is 2.74. The Morgan fingerprint density at radius 2 is 2.36 bits per heavy atom. The van der Waals surface area contributed by atoms with Gasteiger partial charge < -0.3 is 0 Å². The number of carbonyl (C=O) groups excluding carboxylic acids is 1. The maximum absolute atomic E-state index is 10.4. The monoisotopic (exact) mass is 281 g/mol. The molecule has 0 aliphatic carbocycles. The highest BCUT2D eigenvalue weighted by Crippen LogP contribution is 2.04. The van der Waals surface area contributed by atoms with Crippen LogP contribution in [-0.4, -0.2) is 10.2 Å². The third-order valence-corrected chi connectivity index (χ3v) is 1.90. The lowest BCUT2D eigenvalue weighted by Crippen LogP contribution is -1.94. The maximum atomic E-state index is 10.4. The molecule has 1 aromatic heterocycles. The number of carbonyl (C=O) groups is 1. The van der Waals surface area contributed by atoms with Gasteiger partial charge in [0.25, 0.3) is 0 Å². The quantitative estimate of drug-likeness (QED) is 0.471. The molecule has 0 radical (unpaired) electrons. The standard InChI is InChI=1S/C7H5ClINO/c8-6(11)3-5-1-2-7(9)10-4-5/h1-2,4H,3H2. The smallest absolute Gasteiger partial charge is 0.226 e. The van der Waals surface area contributed by atoms with Crippen molar-refractivity contribution >= 4 is 39.4 Å². The molecule has 0 aliphatic heterocycles. The van der Waals surface area contributed by atoms with E-state index >= 15 is 0 Å². The first-order valence-electron chi connectivity index (χ1n) is 2.97. The van der Waals surface area contributed by atoms with Crippen LogP contribution in [0.1, 0.15) is 5.56 Å². The first-order chi connectivity index (χ1) is 5.18. The zero-order valence-corrected chi connectivity index (χ0v) is 8.46. The van der Waals surface area contributed by atoms with Gasteiger partial charge in [0.1, 0.15) is 3.70 Å². The molecular weight excluding hydrogens is 276 g/mol. The lowest BCUT2D eigenvalue weighted by Gasteiger charge is -1.94. The lowest BCUT2D eigenvalue weighted by molar-refractivity contribution is -0.111. The summed E-state index contributed by atoms with van der Waals surface area (Å²) in [5.41, 5.74) is 0.852. The van der Waals surface area contributed by atoms with Gasteiger partial charge in [-0.2, -0.15) is 0 Å². The molecule has 0 fully saturated rings. The molecule has 4 heteroatoms. The Morgan fingerprint density at radius 1 is 1.64 bits per heavy atom. The van der Waals surface area contributed by atoms with Gasteiger partial charge in [-0.25, -0.2) is 0 Å². The molecule has 0 atom stereocenters. The number of rotatable bonds is 2. The number of pyridine rings is 1. The molecule has 1 rings (SSSR count). The fourth-order valence-corrected chi connectivity index (χ4v) is 1.14. The topological polar surface area (TPSA) is 30.0 Å². The van der Waals surface area contributed by atoms with E-state index in [1.54, 1.807) is 6.20 Å². The van der Waals surface area contributed by atoms with Crippen LogP contribution in [-0.2, 0) is 11.2 Å². The molecule has 0 N–H and O–H groups in total. The number of hydrogen-bond donors (Lipinski definition) is 0. The molecule has 0 amide bonds. The summed E-state index contributed by atoms with van der Waals surface area (Å²) >= 11 is 7.28. The van der Waals surface area contributed by atoms with Crippen molar-refractivity contribution in [3.63, 3.8) is 0 Å². The average molecular weight is 281 g/mol. The predicted molar refractivity (Wildman–Crippen MR) is 51.5 cm³/mol. The van der Waals surface area contributed by atoms with Gasteiger partial charge in [0.2, 0.25) is 5.24 Å². The summed E-state index contributed by atoms with van der Waals surface area (Å²) in [5, 5.41) is -0.354. The van der Waals surface area contributed by atoms with Crippen LogP contribution in [0.15, 0.2) is 18.3 Å². The summed E-state index contributed by atoms with van der Waals surface area (Å²) in [5.74, 6) is 0. The largest absolute Gasteiger partial charge is 0.281 e. The van der Waals surface area contributed by atoms with Crippen LogP contribution in [0, 0.1) is 3.70 Å². The average Bonchev–Trinajstić information content (AvgIpc) is 1.93. The van der Waals surface area contributed by atoms with Crippen molar-refractivity contribution in [2.24, 2.45) is 0 Å². The van der Waals surface area contributed by atoms with Crippen LogP contribution < -0.4 is 0 Å². The molecule has 0 spiro atoms. The van der Waals surface area contributed by atoms with Gasteiger partial charge in [0, 0.05) is 12.6 Å². The molecule has 0 saturated carbocycles. The van der Waals surface area contributed by atoms with Gasteiger partial charge in [-0.1, -0.05) is 6.07 Å². The van der Waals surface area contributed by atoms with Crippen LogP contribution in [0.2, 0.25) is 0 Å². The van der Waals surface area contributed by atoms with Crippen molar-refractivity contribution in [3.05, 3.63) is 27.6 Å². The van der Waals surface area contributed by atoms with E-state index in [1.807, 2.05) is 12.1 Å². The molecule has 1 heterocycles. The SMILES string of the molecule is O=C(Cl)Cc1ccc(I)nc1. The Kier molecular flexibility index (Phi) is 3.26. The summed E-state index contributed by atoms with van der Waals surface area (Å²) in [7, 11) is 0. The van der Waals surface area contributed by atoms with Gasteiger partial charge in [-0.15, -0.1) is 0 Å². The highest BCUT2D eigenvalue weighted by atomic mass is 127. The van der Waals surface area contributed by atoms with E-state index in [0.29, 0.717) is 0 Å². The van der Waals surface area contributed by atoms with Crippen molar-refractivity contribution in [1.82, 2.24) is 4.98 Å². The van der Waals surface area contributed by atoms with Crippen molar-refractivity contribution in [2.75, 3.05) is 0 Å². The molecule has 58 valence electrons. The van der Waals surface area contributed by atoms with Crippen molar-refractivity contribution in [1.29, 1.82) is 0 Å². The lowest BCUT2D eigenvalue weighted by atomic mass is 10.2. The van der Waals surface area contributed by atoms with E-state index in [1.165, 1.54) is 0 Å². The van der Waals surface area contributed by atoms with E-state index in [0.717, 1.165) is 9.26 Å². The zero-order valence-electron chi connectivity index (χ0n) is 5.55. The van der Waals surface area contributed by atoms with Crippen molar-refractivity contribution < 1.29 is 4.79 Å². The Hall–Kier alpha value is -0.160. The van der Waals surface area contributed by atoms with Gasteiger partial charge in [0.15, 0.2) is 0 Å². The molecule has 0 aliphatic rings. The number of hydrogen-bond acceptors (Lipinski definition) is 2. The first-order valence-corrected chi connectivity index (χ1v) is 4.43. The summed E-state index contributed by atoms with van der Waals surface area (Å²) in [6.07, 6.45) is 1.91. The minimum absolute atomic E-state index is 0.255. The fraction of sp³-hybridized carbons (Fsp3) is 0.143. The Bertz CT molecular complexity index is 260. The molecule has 2 nitrogen and oxygen atoms in total. The van der Waals surface area contributed by atoms with E-state index in [2.05, 4.69) is 27.6 Å². The van der Waals surface area contributed by atoms with Crippen molar-refractivity contribution in [2.45, 2.75) is 6.42 Å². The van der Waals surface area contributed by atoms with E-state index in [-0.39, 0.29) is 11.7 Å². The van der Waals surface area contributed by atoms with Crippen LogP contribution in [0.25, 0.3) is 0 Å². The summed E-state index contributed by atoms with van der Waals surface area (Å²) in [4.78, 5) is 14.4. The first kappa shape index (κ1) is 8.93. The minimum atomic E-state index is -0.354. The van der Waals surface area contributed by atoms with Gasteiger partial charge in [0.05, 0.1) is 0 Å². The number of nitrogens with zero attached hydrogens (tertiary/aromatic N) is 1. The molecule has 0 bridgehead atoms. The molecule has 0 saturated heterocycles. The maximum Gasteiger partial charge on any atom is 0.226 e. The van der Waals surface area contributed by atoms with Crippen LogP contribution >= 0.6 is 34.2 Å². The second-order valence-corrected chi connectivity index (χ2v) is 3.55. The summed E-state index contributed by atoms with van der Waals surface area (Å²) in [6, 6.07) is 3.69. The van der Waals surface area contributed by atoms with E-state index in [9.17, 15) is 4.79 Å². The Labute approximate surface area is 83.1 Å². The second kappa shape index (κ2) is 4.01. The number of halogens is 2. The van der Waals surface area contributed by atoms with E-state index in [4.69, 9.17) is 11.6 Å².